The first-order valence-electron chi connectivity index (χ1n) is 8.23. The van der Waals surface area contributed by atoms with E-state index in [0.717, 1.165) is 6.07 Å². The van der Waals surface area contributed by atoms with Crippen LogP contribution in [0.1, 0.15) is 45.7 Å². The van der Waals surface area contributed by atoms with Gasteiger partial charge < -0.3 is 15.4 Å². The van der Waals surface area contributed by atoms with Crippen LogP contribution in [0.15, 0.2) is 23.1 Å². The number of benzene rings is 1. The second-order valence-electron chi connectivity index (χ2n) is 7.29. The van der Waals surface area contributed by atoms with Gasteiger partial charge in [0.1, 0.15) is 11.4 Å². The maximum Gasteiger partial charge on any atom is 0.407 e. The van der Waals surface area contributed by atoms with Crippen molar-refractivity contribution in [3.8, 4) is 0 Å². The van der Waals surface area contributed by atoms with Crippen molar-refractivity contribution in [3.63, 3.8) is 0 Å². The molecular formula is C17H25FN2O4S. The van der Waals surface area contributed by atoms with E-state index in [-0.39, 0.29) is 22.7 Å². The topological polar surface area (TPSA) is 84.5 Å². The van der Waals surface area contributed by atoms with E-state index in [1.807, 2.05) is 6.92 Å². The van der Waals surface area contributed by atoms with Gasteiger partial charge in [-0.1, -0.05) is 0 Å². The molecule has 0 fully saturated rings. The molecule has 1 aliphatic rings. The zero-order chi connectivity index (χ0) is 18.8. The SMILES string of the molecule is CC(CNC(=O)OC(C)(C)C)NC1CCS(=O)(=O)c2ccc(F)cc21. The highest BCUT2D eigenvalue weighted by molar-refractivity contribution is 7.91. The van der Waals surface area contributed by atoms with Crippen molar-refractivity contribution in [2.45, 2.75) is 56.7 Å². The van der Waals surface area contributed by atoms with E-state index >= 15 is 0 Å². The van der Waals surface area contributed by atoms with Crippen LogP contribution >= 0.6 is 0 Å². The highest BCUT2D eigenvalue weighted by Gasteiger charge is 2.31. The molecule has 140 valence electrons. The fourth-order valence-electron chi connectivity index (χ4n) is 2.74. The Morgan fingerprint density at radius 2 is 2.08 bits per heavy atom. The molecular weight excluding hydrogens is 347 g/mol. The van der Waals surface area contributed by atoms with E-state index in [1.54, 1.807) is 20.8 Å². The number of rotatable bonds is 4. The van der Waals surface area contributed by atoms with E-state index in [0.29, 0.717) is 18.5 Å². The number of alkyl carbamates (subject to hydrolysis) is 1. The Kier molecular flexibility index (Phi) is 5.73. The van der Waals surface area contributed by atoms with Gasteiger partial charge in [-0.05, 0) is 57.9 Å². The molecule has 0 aliphatic carbocycles. The lowest BCUT2D eigenvalue weighted by Crippen LogP contribution is -2.43. The third-order valence-corrected chi connectivity index (χ3v) is 5.61. The first-order valence-corrected chi connectivity index (χ1v) is 9.88. The summed E-state index contributed by atoms with van der Waals surface area (Å²) in [5, 5.41) is 5.92. The van der Waals surface area contributed by atoms with Crippen molar-refractivity contribution in [3.05, 3.63) is 29.6 Å². The standard InChI is InChI=1S/C17H25FN2O4S/c1-11(10-19-16(21)24-17(2,3)4)20-14-7-8-25(22,23)15-6-5-12(18)9-13(14)15/h5-6,9,11,14,20H,7-8,10H2,1-4H3,(H,19,21). The molecule has 1 amide bonds. The van der Waals surface area contributed by atoms with Crippen LogP contribution in [0.3, 0.4) is 0 Å². The smallest absolute Gasteiger partial charge is 0.407 e. The van der Waals surface area contributed by atoms with Crippen LogP contribution in [-0.4, -0.2) is 38.5 Å². The van der Waals surface area contributed by atoms with Gasteiger partial charge in [0.25, 0.3) is 0 Å². The Bertz CT molecular complexity index is 744. The fraction of sp³-hybridized carbons (Fsp3) is 0.588. The molecule has 1 heterocycles. The summed E-state index contributed by atoms with van der Waals surface area (Å²) < 4.78 is 43.0. The zero-order valence-electron chi connectivity index (χ0n) is 14.9. The molecule has 2 rings (SSSR count). The lowest BCUT2D eigenvalue weighted by Gasteiger charge is -2.29. The van der Waals surface area contributed by atoms with Gasteiger partial charge in [-0.15, -0.1) is 0 Å². The average molecular weight is 372 g/mol. The Hall–Kier alpha value is -1.67. The molecule has 0 spiro atoms. The van der Waals surface area contributed by atoms with Crippen molar-refractivity contribution < 1.29 is 22.3 Å². The van der Waals surface area contributed by atoms with Gasteiger partial charge in [0, 0.05) is 18.6 Å². The van der Waals surface area contributed by atoms with Gasteiger partial charge in [0.05, 0.1) is 10.6 Å². The van der Waals surface area contributed by atoms with Gasteiger partial charge in [0.2, 0.25) is 0 Å². The molecule has 1 aliphatic heterocycles. The molecule has 2 atom stereocenters. The number of hydrogen-bond donors (Lipinski definition) is 2. The van der Waals surface area contributed by atoms with Crippen LogP contribution in [0.4, 0.5) is 9.18 Å². The number of hydrogen-bond acceptors (Lipinski definition) is 5. The van der Waals surface area contributed by atoms with Gasteiger partial charge in [-0.2, -0.15) is 0 Å². The van der Waals surface area contributed by atoms with Gasteiger partial charge in [0.15, 0.2) is 9.84 Å². The molecule has 0 radical (unpaired) electrons. The predicted molar refractivity (Wildman–Crippen MR) is 92.6 cm³/mol. The summed E-state index contributed by atoms with van der Waals surface area (Å²) in [7, 11) is -3.37. The van der Waals surface area contributed by atoms with E-state index in [4.69, 9.17) is 4.74 Å². The van der Waals surface area contributed by atoms with Crippen LogP contribution in [0.25, 0.3) is 0 Å². The molecule has 0 saturated heterocycles. The zero-order valence-corrected chi connectivity index (χ0v) is 15.7. The van der Waals surface area contributed by atoms with E-state index in [9.17, 15) is 17.6 Å². The summed E-state index contributed by atoms with van der Waals surface area (Å²) in [6, 6.07) is 3.31. The van der Waals surface area contributed by atoms with E-state index in [1.165, 1.54) is 12.1 Å². The minimum absolute atomic E-state index is 0.00944. The highest BCUT2D eigenvalue weighted by Crippen LogP contribution is 2.32. The first-order chi connectivity index (χ1) is 11.5. The number of carbonyl (C=O) groups excluding carboxylic acids is 1. The molecule has 0 bridgehead atoms. The molecule has 0 aromatic heterocycles. The van der Waals surface area contributed by atoms with Gasteiger partial charge in [-0.3, -0.25) is 0 Å². The van der Waals surface area contributed by atoms with E-state index < -0.39 is 27.3 Å². The Morgan fingerprint density at radius 1 is 1.40 bits per heavy atom. The van der Waals surface area contributed by atoms with Crippen molar-refractivity contribution in [2.75, 3.05) is 12.3 Å². The lowest BCUT2D eigenvalue weighted by molar-refractivity contribution is 0.0522. The van der Waals surface area contributed by atoms with E-state index in [2.05, 4.69) is 10.6 Å². The average Bonchev–Trinajstić information content (AvgIpc) is 2.46. The number of halogens is 1. The normalized spacial score (nSPS) is 20.4. The number of amides is 1. The van der Waals surface area contributed by atoms with Crippen LogP contribution in [0, 0.1) is 5.82 Å². The second kappa shape index (κ2) is 7.29. The fourth-order valence-corrected chi connectivity index (χ4v) is 4.34. The summed E-state index contributed by atoms with van der Waals surface area (Å²) in [5.41, 5.74) is -0.134. The highest BCUT2D eigenvalue weighted by atomic mass is 32.2. The molecule has 2 N–H and O–H groups in total. The maximum absolute atomic E-state index is 13.6. The molecule has 25 heavy (non-hydrogen) atoms. The first kappa shape index (κ1) is 19.7. The third kappa shape index (κ3) is 5.40. The summed E-state index contributed by atoms with van der Waals surface area (Å²) in [5.74, 6) is -0.461. The van der Waals surface area contributed by atoms with Crippen LogP contribution in [0.2, 0.25) is 0 Å². The third-order valence-electron chi connectivity index (χ3n) is 3.79. The Labute approximate surface area is 148 Å². The quantitative estimate of drug-likeness (QED) is 0.794. The van der Waals surface area contributed by atoms with Crippen LogP contribution in [-0.2, 0) is 14.6 Å². The van der Waals surface area contributed by atoms with Crippen LogP contribution in [0.5, 0.6) is 0 Å². The maximum atomic E-state index is 13.6. The number of ether oxygens (including phenoxy) is 1. The largest absolute Gasteiger partial charge is 0.444 e. The minimum Gasteiger partial charge on any atom is -0.444 e. The number of carbonyl (C=O) groups is 1. The second-order valence-corrected chi connectivity index (χ2v) is 9.37. The lowest BCUT2D eigenvalue weighted by atomic mass is 10.0. The molecule has 8 heteroatoms. The van der Waals surface area contributed by atoms with Crippen molar-refractivity contribution in [1.29, 1.82) is 0 Å². The molecule has 1 aromatic rings. The Morgan fingerprint density at radius 3 is 2.72 bits per heavy atom. The summed E-state index contributed by atoms with van der Waals surface area (Å²) >= 11 is 0. The molecule has 2 unspecified atom stereocenters. The van der Waals surface area contributed by atoms with Crippen molar-refractivity contribution in [1.82, 2.24) is 10.6 Å². The van der Waals surface area contributed by atoms with Gasteiger partial charge >= 0.3 is 6.09 Å². The predicted octanol–water partition coefficient (Wildman–Crippen LogP) is 2.55. The van der Waals surface area contributed by atoms with Gasteiger partial charge in [-0.25, -0.2) is 17.6 Å². The monoisotopic (exact) mass is 372 g/mol. The minimum atomic E-state index is -3.37. The summed E-state index contributed by atoms with van der Waals surface area (Å²) in [6.45, 7) is 7.51. The molecule has 0 saturated carbocycles. The number of sulfone groups is 1. The summed E-state index contributed by atoms with van der Waals surface area (Å²) in [6.07, 6.45) is -0.158. The number of nitrogens with one attached hydrogen (secondary N) is 2. The Balaban J connectivity index is 2.01. The van der Waals surface area contributed by atoms with Crippen LogP contribution < -0.4 is 10.6 Å². The van der Waals surface area contributed by atoms with Crippen molar-refractivity contribution >= 4 is 15.9 Å². The van der Waals surface area contributed by atoms with Crippen molar-refractivity contribution in [2.24, 2.45) is 0 Å². The summed E-state index contributed by atoms with van der Waals surface area (Å²) in [4.78, 5) is 11.9. The molecule has 6 nitrogen and oxygen atoms in total. The number of fused-ring (bicyclic) bond motifs is 1. The molecule has 1 aromatic carbocycles.